The van der Waals surface area contributed by atoms with Gasteiger partial charge in [-0.25, -0.2) is 9.59 Å². The molecule has 4 aliphatic rings. The predicted octanol–water partition coefficient (Wildman–Crippen LogP) is 3.34. The monoisotopic (exact) mass is 663 g/mol. The number of carbonyl (C=O) groups excluding carboxylic acids is 4. The Labute approximate surface area is 278 Å². The molecule has 3 aliphatic carbocycles. The van der Waals surface area contributed by atoms with Crippen LogP contribution in [0.2, 0.25) is 0 Å². The van der Waals surface area contributed by atoms with Crippen molar-refractivity contribution < 1.29 is 53.4 Å². The normalized spacial score (nSPS) is 36.6. The van der Waals surface area contributed by atoms with E-state index in [-0.39, 0.29) is 36.2 Å². The maximum atomic E-state index is 15.2. The van der Waals surface area contributed by atoms with Gasteiger partial charge in [-0.2, -0.15) is 0 Å². The van der Waals surface area contributed by atoms with Gasteiger partial charge < -0.3 is 34.3 Å². The Bertz CT molecular complexity index is 1660. The Morgan fingerprint density at radius 1 is 0.958 bits per heavy atom. The number of anilines is 1. The summed E-state index contributed by atoms with van der Waals surface area (Å²) in [6.45, 7) is 7.24. The maximum absolute atomic E-state index is 15.2. The number of fused-ring (bicyclic) bond motifs is 5. The summed E-state index contributed by atoms with van der Waals surface area (Å²) in [5, 5.41) is 39.1. The van der Waals surface area contributed by atoms with Crippen LogP contribution in [0.1, 0.15) is 57.8 Å². The van der Waals surface area contributed by atoms with Crippen LogP contribution in [0.4, 0.5) is 10.5 Å². The first-order chi connectivity index (χ1) is 22.6. The van der Waals surface area contributed by atoms with Gasteiger partial charge in [0.1, 0.15) is 17.8 Å². The molecule has 0 spiro atoms. The van der Waals surface area contributed by atoms with E-state index >= 15 is 4.79 Å². The number of hydrogen-bond acceptors (Lipinski definition) is 11. The number of aliphatic hydroxyl groups excluding tert-OH is 2. The van der Waals surface area contributed by atoms with E-state index < -0.39 is 82.3 Å². The minimum absolute atomic E-state index is 0.109. The van der Waals surface area contributed by atoms with Crippen molar-refractivity contribution in [2.24, 2.45) is 16.7 Å². The molecule has 48 heavy (non-hydrogen) atoms. The number of ether oxygens (including phenoxy) is 4. The van der Waals surface area contributed by atoms with Crippen LogP contribution in [-0.4, -0.2) is 87.5 Å². The third-order valence-corrected chi connectivity index (χ3v) is 11.2. The molecular weight excluding hydrogens is 622 g/mol. The number of carbonyl (C=O) groups is 4. The van der Waals surface area contributed by atoms with E-state index in [0.717, 1.165) is 0 Å². The lowest BCUT2D eigenvalue weighted by atomic mass is 9.44. The van der Waals surface area contributed by atoms with Crippen molar-refractivity contribution in [1.29, 1.82) is 0 Å². The molecule has 0 unspecified atom stereocenters. The molecule has 1 amide bonds. The predicted molar refractivity (Wildman–Crippen MR) is 169 cm³/mol. The van der Waals surface area contributed by atoms with E-state index in [4.69, 9.17) is 18.9 Å². The van der Waals surface area contributed by atoms with Crippen molar-refractivity contribution >= 4 is 29.5 Å². The third kappa shape index (κ3) is 4.96. The van der Waals surface area contributed by atoms with E-state index in [1.54, 1.807) is 69.3 Å². The number of para-hydroxylation sites is 1. The highest BCUT2D eigenvalue weighted by Gasteiger charge is 2.78. The fraction of sp³-hybridized carbons (Fsp3) is 0.500. The van der Waals surface area contributed by atoms with Crippen LogP contribution >= 0.6 is 0 Å². The summed E-state index contributed by atoms with van der Waals surface area (Å²) < 4.78 is 24.0. The zero-order valence-electron chi connectivity index (χ0n) is 27.5. The molecule has 2 saturated carbocycles. The molecule has 0 aromatic heterocycles. The average Bonchev–Trinajstić information content (AvgIpc) is 3.03. The van der Waals surface area contributed by atoms with E-state index in [1.165, 1.54) is 26.0 Å². The van der Waals surface area contributed by atoms with Crippen molar-refractivity contribution in [2.75, 3.05) is 11.9 Å². The second-order valence-electron chi connectivity index (χ2n) is 14.1. The fourth-order valence-electron chi connectivity index (χ4n) is 8.52. The number of ketones is 1. The van der Waals surface area contributed by atoms with Crippen LogP contribution in [-0.2, 0) is 28.5 Å². The lowest BCUT2D eigenvalue weighted by Crippen LogP contribution is -2.81. The highest BCUT2D eigenvalue weighted by atomic mass is 16.6. The molecule has 3 fully saturated rings. The van der Waals surface area contributed by atoms with Gasteiger partial charge in [0.2, 0.25) is 0 Å². The van der Waals surface area contributed by atoms with E-state index in [1.807, 2.05) is 0 Å². The second kappa shape index (κ2) is 11.8. The molecule has 2 bridgehead atoms. The fourth-order valence-corrected chi connectivity index (χ4v) is 8.52. The third-order valence-electron chi connectivity index (χ3n) is 11.2. The Morgan fingerprint density at radius 2 is 1.58 bits per heavy atom. The van der Waals surface area contributed by atoms with Gasteiger partial charge in [-0.05, 0) is 49.3 Å². The molecule has 1 saturated heterocycles. The van der Waals surface area contributed by atoms with Gasteiger partial charge in [0.15, 0.2) is 17.5 Å². The van der Waals surface area contributed by atoms with Crippen molar-refractivity contribution in [3.63, 3.8) is 0 Å². The first-order valence-electron chi connectivity index (χ1n) is 16.0. The van der Waals surface area contributed by atoms with E-state index in [2.05, 4.69) is 5.32 Å². The standard InChI is InChI=1S/C36H41NO11/c1-19-23(39)17-36(44)30(47-31(42)21-12-8-6-9-13-21)28-34(5,24(40)16-25-35(28,18-45-25)48-20(2)38)29(41)27(26(19)33(36,3)4)46-32(43)37-22-14-10-7-11-15-22/h6-15,23-25,27-28,30,39-40,44H,16-18H2,1-5H3,(H,37,43)/t23-,24-,25+,27+,28-,30-,34+,35-,36+/m0/s1. The highest BCUT2D eigenvalue weighted by molar-refractivity contribution is 5.97. The van der Waals surface area contributed by atoms with E-state index in [0.29, 0.717) is 5.69 Å². The molecule has 1 heterocycles. The summed E-state index contributed by atoms with van der Waals surface area (Å²) in [5.41, 5.74) is -6.33. The van der Waals surface area contributed by atoms with Crippen LogP contribution in [0.5, 0.6) is 0 Å². The molecule has 9 atom stereocenters. The van der Waals surface area contributed by atoms with Gasteiger partial charge in [0, 0.05) is 30.9 Å². The average molecular weight is 664 g/mol. The summed E-state index contributed by atoms with van der Waals surface area (Å²) in [6.07, 6.45) is -8.61. The molecule has 256 valence electrons. The molecule has 4 N–H and O–H groups in total. The first kappa shape index (κ1) is 33.8. The molecule has 1 aliphatic heterocycles. The number of benzene rings is 2. The summed E-state index contributed by atoms with van der Waals surface area (Å²) in [7, 11) is 0. The number of rotatable bonds is 5. The van der Waals surface area contributed by atoms with Crippen LogP contribution in [0.3, 0.4) is 0 Å². The molecule has 2 aromatic rings. The number of nitrogens with one attached hydrogen (secondary N) is 1. The minimum atomic E-state index is -2.17. The number of Topliss-reactive ketones (excluding diaryl/α,β-unsaturated/α-hetero) is 1. The Kier molecular flexibility index (Phi) is 8.30. The number of esters is 2. The van der Waals surface area contributed by atoms with Crippen LogP contribution in [0, 0.1) is 16.7 Å². The molecule has 6 rings (SSSR count). The molecule has 0 radical (unpaired) electrons. The van der Waals surface area contributed by atoms with Crippen LogP contribution in [0.15, 0.2) is 71.8 Å². The van der Waals surface area contributed by atoms with Crippen LogP contribution in [0.25, 0.3) is 0 Å². The topological polar surface area (TPSA) is 178 Å². The smallest absolute Gasteiger partial charge is 0.412 e. The summed E-state index contributed by atoms with van der Waals surface area (Å²) in [5.74, 6) is -3.76. The highest BCUT2D eigenvalue weighted by Crippen LogP contribution is 2.64. The van der Waals surface area contributed by atoms with Crippen molar-refractivity contribution in [3.05, 3.63) is 77.4 Å². The SMILES string of the molecule is CC(=O)O[C@@]12CO[C@@H]1C[C@H](O)[C@@]1(C)C(=O)[C@H](OC(=O)Nc3ccccc3)C3=C(C)[C@@H](O)C[C@@](O)([C@@H](OC(=O)c4ccccc4)[C@H]21)C3(C)C. The minimum Gasteiger partial charge on any atom is -0.455 e. The second-order valence-corrected chi connectivity index (χ2v) is 14.1. The van der Waals surface area contributed by atoms with Gasteiger partial charge in [0.25, 0.3) is 0 Å². The molecule has 12 heteroatoms. The lowest BCUT2D eigenvalue weighted by molar-refractivity contribution is -0.345. The van der Waals surface area contributed by atoms with Crippen LogP contribution < -0.4 is 5.32 Å². The zero-order valence-corrected chi connectivity index (χ0v) is 27.5. The summed E-state index contributed by atoms with van der Waals surface area (Å²) in [6, 6.07) is 16.5. The van der Waals surface area contributed by atoms with Crippen molar-refractivity contribution in [1.82, 2.24) is 0 Å². The largest absolute Gasteiger partial charge is 0.455 e. The lowest BCUT2D eigenvalue weighted by Gasteiger charge is -2.67. The molecule has 2 aromatic carbocycles. The van der Waals surface area contributed by atoms with E-state index in [9.17, 15) is 29.7 Å². The zero-order chi connectivity index (χ0) is 34.8. The Morgan fingerprint density at radius 3 is 2.17 bits per heavy atom. The molecule has 12 nitrogen and oxygen atoms in total. The number of aliphatic hydroxyl groups is 3. The summed E-state index contributed by atoms with van der Waals surface area (Å²) in [4.78, 5) is 55.3. The quantitative estimate of drug-likeness (QED) is 0.210. The number of amides is 1. The van der Waals surface area contributed by atoms with Gasteiger partial charge in [-0.1, -0.05) is 50.2 Å². The number of hydrogen-bond donors (Lipinski definition) is 4. The maximum Gasteiger partial charge on any atom is 0.412 e. The van der Waals surface area contributed by atoms with Crippen molar-refractivity contribution in [3.8, 4) is 0 Å². The van der Waals surface area contributed by atoms with Gasteiger partial charge >= 0.3 is 18.0 Å². The van der Waals surface area contributed by atoms with Gasteiger partial charge in [-0.3, -0.25) is 14.9 Å². The molecular formula is C36H41NO11. The van der Waals surface area contributed by atoms with Gasteiger partial charge in [-0.15, -0.1) is 0 Å². The van der Waals surface area contributed by atoms with Crippen molar-refractivity contribution in [2.45, 2.75) is 89.2 Å². The summed E-state index contributed by atoms with van der Waals surface area (Å²) >= 11 is 0. The van der Waals surface area contributed by atoms with Gasteiger partial charge in [0.05, 0.1) is 35.7 Å². The Hall–Kier alpha value is -4.10. The Balaban J connectivity index is 1.58. The first-order valence-corrected chi connectivity index (χ1v) is 16.0.